The third-order valence-corrected chi connectivity index (χ3v) is 7.25. The Labute approximate surface area is 219 Å². The second-order valence-corrected chi connectivity index (χ2v) is 9.95. The van der Waals surface area contributed by atoms with Crippen LogP contribution in [-0.4, -0.2) is 0 Å². The lowest BCUT2D eigenvalue weighted by atomic mass is 9.73. The number of nitrogens with zero attached hydrogens (tertiary/aromatic N) is 2. The fraction of sp³-hybridized carbons (Fsp3) is 0.0857. The van der Waals surface area contributed by atoms with E-state index in [-0.39, 0.29) is 5.41 Å². The van der Waals surface area contributed by atoms with Gasteiger partial charge < -0.3 is 9.80 Å². The largest absolute Gasteiger partial charge is 0.317 e. The molecular formula is C35H30N2. The number of anilines is 5. The van der Waals surface area contributed by atoms with Gasteiger partial charge in [-0.15, -0.1) is 0 Å². The first-order chi connectivity index (χ1) is 18.1. The fourth-order valence-corrected chi connectivity index (χ4v) is 5.34. The predicted molar refractivity (Wildman–Crippen MR) is 157 cm³/mol. The minimum absolute atomic E-state index is 0.125. The van der Waals surface area contributed by atoms with E-state index in [1.807, 2.05) is 0 Å². The molecule has 0 atom stereocenters. The molecule has 5 aromatic rings. The van der Waals surface area contributed by atoms with Crippen molar-refractivity contribution in [3.8, 4) is 0 Å². The Bertz CT molecular complexity index is 1500. The van der Waals surface area contributed by atoms with E-state index in [1.165, 1.54) is 33.8 Å². The molecule has 0 N–H and O–H groups in total. The standard InChI is InChI=1S/C35H30N2/c1-35(2)31-20-12-13-21-33(31)37(30-18-10-5-11-19-30)34-23-22-27(26-32(34)35)24-25-36(28-14-6-3-7-15-28)29-16-8-4-9-17-29/h3-26H,1-2H3/b25-24+. The maximum Gasteiger partial charge on any atom is 0.0503 e. The number of hydrogen-bond donors (Lipinski definition) is 0. The molecule has 1 aliphatic rings. The molecule has 0 fully saturated rings. The van der Waals surface area contributed by atoms with Crippen LogP contribution in [0, 0.1) is 0 Å². The van der Waals surface area contributed by atoms with Gasteiger partial charge in [-0.25, -0.2) is 0 Å². The monoisotopic (exact) mass is 478 g/mol. The summed E-state index contributed by atoms with van der Waals surface area (Å²) in [5, 5.41) is 0. The van der Waals surface area contributed by atoms with Crippen LogP contribution in [-0.2, 0) is 5.41 Å². The molecule has 0 bridgehead atoms. The van der Waals surface area contributed by atoms with Crippen LogP contribution >= 0.6 is 0 Å². The van der Waals surface area contributed by atoms with Gasteiger partial charge in [-0.05, 0) is 77.4 Å². The molecule has 0 saturated carbocycles. The Balaban J connectivity index is 1.45. The van der Waals surface area contributed by atoms with Crippen LogP contribution in [0.25, 0.3) is 6.08 Å². The second kappa shape index (κ2) is 9.48. The third kappa shape index (κ3) is 4.21. The number of hydrogen-bond acceptors (Lipinski definition) is 2. The van der Waals surface area contributed by atoms with Gasteiger partial charge in [-0.1, -0.05) is 92.7 Å². The van der Waals surface area contributed by atoms with Crippen LogP contribution in [0.15, 0.2) is 140 Å². The van der Waals surface area contributed by atoms with Crippen molar-refractivity contribution in [2.75, 3.05) is 9.80 Å². The van der Waals surface area contributed by atoms with Crippen LogP contribution < -0.4 is 9.80 Å². The summed E-state index contributed by atoms with van der Waals surface area (Å²) in [5.74, 6) is 0. The van der Waals surface area contributed by atoms with Crippen molar-refractivity contribution in [1.82, 2.24) is 0 Å². The average molecular weight is 479 g/mol. The van der Waals surface area contributed by atoms with Gasteiger partial charge in [0, 0.05) is 28.7 Å². The number of fused-ring (bicyclic) bond motifs is 2. The highest BCUT2D eigenvalue weighted by Gasteiger charge is 2.36. The zero-order chi connectivity index (χ0) is 25.2. The summed E-state index contributed by atoms with van der Waals surface area (Å²) >= 11 is 0. The van der Waals surface area contributed by atoms with Crippen molar-refractivity contribution in [3.05, 3.63) is 156 Å². The molecule has 5 aromatic carbocycles. The summed E-state index contributed by atoms with van der Waals surface area (Å²) in [5.41, 5.74) is 9.62. The van der Waals surface area contributed by atoms with Crippen molar-refractivity contribution in [2.45, 2.75) is 19.3 Å². The molecule has 0 unspecified atom stereocenters. The van der Waals surface area contributed by atoms with E-state index in [1.54, 1.807) is 0 Å². The van der Waals surface area contributed by atoms with E-state index in [4.69, 9.17) is 0 Å². The highest BCUT2D eigenvalue weighted by atomic mass is 15.2. The topological polar surface area (TPSA) is 6.48 Å². The maximum absolute atomic E-state index is 2.39. The second-order valence-electron chi connectivity index (χ2n) is 9.95. The quantitative estimate of drug-likeness (QED) is 0.248. The normalized spacial score (nSPS) is 13.7. The first kappa shape index (κ1) is 22.9. The summed E-state index contributed by atoms with van der Waals surface area (Å²) in [6.07, 6.45) is 4.38. The molecule has 37 heavy (non-hydrogen) atoms. The Morgan fingerprint density at radius 2 is 1.11 bits per heavy atom. The number of para-hydroxylation sites is 4. The van der Waals surface area contributed by atoms with Crippen LogP contribution in [0.4, 0.5) is 28.4 Å². The van der Waals surface area contributed by atoms with E-state index in [0.717, 1.165) is 11.4 Å². The van der Waals surface area contributed by atoms with Crippen LogP contribution in [0.5, 0.6) is 0 Å². The first-order valence-electron chi connectivity index (χ1n) is 12.8. The van der Waals surface area contributed by atoms with Gasteiger partial charge in [0.2, 0.25) is 0 Å². The highest BCUT2D eigenvalue weighted by Crippen LogP contribution is 2.51. The summed E-state index contributed by atoms with van der Waals surface area (Å²) in [6, 6.07) is 47.3. The molecule has 180 valence electrons. The lowest BCUT2D eigenvalue weighted by Crippen LogP contribution is -2.30. The first-order valence-corrected chi connectivity index (χ1v) is 12.8. The molecule has 0 radical (unpaired) electrons. The lowest BCUT2D eigenvalue weighted by Gasteiger charge is -2.42. The zero-order valence-corrected chi connectivity index (χ0v) is 21.3. The SMILES string of the molecule is CC1(C)c2ccccc2N(c2ccccc2)c2ccc(/C=C/N(c3ccccc3)c3ccccc3)cc21. The van der Waals surface area contributed by atoms with Crippen LogP contribution in [0.3, 0.4) is 0 Å². The Morgan fingerprint density at radius 1 is 0.568 bits per heavy atom. The molecule has 2 nitrogen and oxygen atoms in total. The van der Waals surface area contributed by atoms with E-state index < -0.39 is 0 Å². The Morgan fingerprint density at radius 3 is 1.76 bits per heavy atom. The molecular weight excluding hydrogens is 448 g/mol. The van der Waals surface area contributed by atoms with Crippen molar-refractivity contribution in [1.29, 1.82) is 0 Å². The molecule has 6 rings (SSSR count). The molecule has 0 saturated heterocycles. The number of rotatable bonds is 5. The summed E-state index contributed by atoms with van der Waals surface area (Å²) in [4.78, 5) is 4.62. The van der Waals surface area contributed by atoms with Gasteiger partial charge in [0.15, 0.2) is 0 Å². The summed E-state index contributed by atoms with van der Waals surface area (Å²) in [7, 11) is 0. The minimum Gasteiger partial charge on any atom is -0.317 e. The Hall–Kier alpha value is -4.56. The van der Waals surface area contributed by atoms with Crippen molar-refractivity contribution in [3.63, 3.8) is 0 Å². The molecule has 0 aromatic heterocycles. The molecule has 0 aliphatic carbocycles. The Kier molecular flexibility index (Phi) is 5.86. The van der Waals surface area contributed by atoms with Crippen molar-refractivity contribution < 1.29 is 0 Å². The average Bonchev–Trinajstić information content (AvgIpc) is 2.95. The van der Waals surface area contributed by atoms with Crippen molar-refractivity contribution in [2.24, 2.45) is 0 Å². The molecule has 2 heteroatoms. The van der Waals surface area contributed by atoms with E-state index in [9.17, 15) is 0 Å². The van der Waals surface area contributed by atoms with Gasteiger partial charge >= 0.3 is 0 Å². The van der Waals surface area contributed by atoms with Crippen molar-refractivity contribution >= 4 is 34.5 Å². The molecule has 1 aliphatic heterocycles. The predicted octanol–water partition coefficient (Wildman–Crippen LogP) is 9.60. The van der Waals surface area contributed by atoms with E-state index in [2.05, 4.69) is 169 Å². The molecule has 1 heterocycles. The van der Waals surface area contributed by atoms with Gasteiger partial charge in [-0.3, -0.25) is 0 Å². The van der Waals surface area contributed by atoms with Crippen LogP contribution in [0.2, 0.25) is 0 Å². The van der Waals surface area contributed by atoms with Gasteiger partial charge in [0.05, 0.1) is 11.4 Å². The van der Waals surface area contributed by atoms with Gasteiger partial charge in [0.1, 0.15) is 0 Å². The third-order valence-electron chi connectivity index (χ3n) is 7.25. The summed E-state index contributed by atoms with van der Waals surface area (Å²) < 4.78 is 0. The zero-order valence-electron chi connectivity index (χ0n) is 21.3. The van der Waals surface area contributed by atoms with Crippen LogP contribution in [0.1, 0.15) is 30.5 Å². The smallest absolute Gasteiger partial charge is 0.0503 e. The minimum atomic E-state index is -0.125. The van der Waals surface area contributed by atoms with E-state index >= 15 is 0 Å². The van der Waals surface area contributed by atoms with Gasteiger partial charge in [0.25, 0.3) is 0 Å². The highest BCUT2D eigenvalue weighted by molar-refractivity contribution is 5.86. The van der Waals surface area contributed by atoms with Gasteiger partial charge in [-0.2, -0.15) is 0 Å². The lowest BCUT2D eigenvalue weighted by molar-refractivity contribution is 0.631. The van der Waals surface area contributed by atoms with E-state index in [0.29, 0.717) is 0 Å². The molecule has 0 amide bonds. The summed E-state index contributed by atoms with van der Waals surface area (Å²) in [6.45, 7) is 4.67. The molecule has 0 spiro atoms. The fourth-order valence-electron chi connectivity index (χ4n) is 5.34. The maximum atomic E-state index is 2.39. The number of benzene rings is 5.